The van der Waals surface area contributed by atoms with Crippen LogP contribution in [0.4, 0.5) is 11.4 Å². The number of benzene rings is 3. The Morgan fingerprint density at radius 1 is 0.806 bits per heavy atom. The minimum absolute atomic E-state index is 0.239. The van der Waals surface area contributed by atoms with E-state index in [1.54, 1.807) is 49.4 Å². The van der Waals surface area contributed by atoms with E-state index in [-0.39, 0.29) is 21.0 Å². The van der Waals surface area contributed by atoms with Crippen LogP contribution >= 0.6 is 81.4 Å². The summed E-state index contributed by atoms with van der Waals surface area (Å²) in [6.07, 6.45) is 0. The van der Waals surface area contributed by atoms with Crippen molar-refractivity contribution in [3.05, 3.63) is 83.7 Å². The molecular formula is C23H14Cl6N2O4S. The molecule has 0 fully saturated rings. The third-order valence-electron chi connectivity index (χ3n) is 4.69. The van der Waals surface area contributed by atoms with Gasteiger partial charge in [-0.25, -0.2) is 4.79 Å². The first kappa shape index (κ1) is 28.7. The molecule has 1 atom stereocenters. The molecule has 0 aliphatic heterocycles. The fourth-order valence-electron chi connectivity index (χ4n) is 2.94. The molecule has 0 bridgehead atoms. The van der Waals surface area contributed by atoms with E-state index in [0.717, 1.165) is 4.90 Å². The Balaban J connectivity index is 1.72. The van der Waals surface area contributed by atoms with Crippen LogP contribution in [0, 0.1) is 0 Å². The molecular weight excluding hydrogens is 613 g/mol. The van der Waals surface area contributed by atoms with Gasteiger partial charge in [-0.1, -0.05) is 69.6 Å². The zero-order chi connectivity index (χ0) is 26.7. The van der Waals surface area contributed by atoms with Crippen molar-refractivity contribution < 1.29 is 19.5 Å². The standard InChI is InChI=1S/C23H14Cl6N2O4S/c1-9(21(32)31-14-8-10(24)2-7-13(14)25)36-12-5-3-11(4-6-12)30-22(33)15-16(23(34)35)18(27)20(29)19(28)17(15)26/h2-9H,1H3,(H,30,33)(H,31,32)(H,34,35). The van der Waals surface area contributed by atoms with Gasteiger partial charge in [0.1, 0.15) is 0 Å². The monoisotopic (exact) mass is 624 g/mol. The molecule has 0 aromatic heterocycles. The summed E-state index contributed by atoms with van der Waals surface area (Å²) in [4.78, 5) is 37.8. The summed E-state index contributed by atoms with van der Waals surface area (Å²) < 4.78 is 0. The topological polar surface area (TPSA) is 95.5 Å². The zero-order valence-corrected chi connectivity index (χ0v) is 23.3. The van der Waals surface area contributed by atoms with Crippen molar-refractivity contribution in [1.82, 2.24) is 0 Å². The lowest BCUT2D eigenvalue weighted by atomic mass is 10.1. The van der Waals surface area contributed by atoms with Gasteiger partial charge < -0.3 is 15.7 Å². The molecule has 2 amide bonds. The van der Waals surface area contributed by atoms with Crippen molar-refractivity contribution in [3.63, 3.8) is 0 Å². The Morgan fingerprint density at radius 3 is 1.97 bits per heavy atom. The minimum atomic E-state index is -1.50. The average Bonchev–Trinajstić information content (AvgIpc) is 2.82. The summed E-state index contributed by atoms with van der Waals surface area (Å²) in [7, 11) is 0. The van der Waals surface area contributed by atoms with Gasteiger partial charge in [-0.05, 0) is 49.4 Å². The Hall–Kier alpha value is -1.84. The Bertz CT molecular complexity index is 1370. The van der Waals surface area contributed by atoms with Gasteiger partial charge in [0.05, 0.1) is 47.2 Å². The molecule has 6 nitrogen and oxygen atoms in total. The third kappa shape index (κ3) is 6.53. The molecule has 0 radical (unpaired) electrons. The summed E-state index contributed by atoms with van der Waals surface area (Å²) in [5.74, 6) is -2.62. The second-order valence-corrected chi connectivity index (χ2v) is 10.9. The number of amides is 2. The maximum Gasteiger partial charge on any atom is 0.338 e. The van der Waals surface area contributed by atoms with Crippen LogP contribution in [-0.4, -0.2) is 28.1 Å². The Labute approximate surface area is 240 Å². The van der Waals surface area contributed by atoms with Gasteiger partial charge in [0.15, 0.2) is 0 Å². The molecule has 0 aliphatic rings. The van der Waals surface area contributed by atoms with Crippen LogP contribution in [0.2, 0.25) is 30.1 Å². The van der Waals surface area contributed by atoms with E-state index < -0.39 is 33.3 Å². The van der Waals surface area contributed by atoms with Gasteiger partial charge in [-0.2, -0.15) is 0 Å². The number of thioether (sulfide) groups is 1. The first-order chi connectivity index (χ1) is 16.9. The second kappa shape index (κ2) is 12.1. The maximum atomic E-state index is 12.9. The van der Waals surface area contributed by atoms with Crippen LogP contribution in [0.3, 0.4) is 0 Å². The number of carbonyl (C=O) groups excluding carboxylic acids is 2. The molecule has 3 N–H and O–H groups in total. The predicted octanol–water partition coefficient (Wildman–Crippen LogP) is 8.68. The quantitative estimate of drug-likeness (QED) is 0.139. The molecule has 0 heterocycles. The number of hydrogen-bond acceptors (Lipinski definition) is 4. The Kier molecular flexibility index (Phi) is 9.68. The van der Waals surface area contributed by atoms with Crippen molar-refractivity contribution in [3.8, 4) is 0 Å². The van der Waals surface area contributed by atoms with Gasteiger partial charge in [-0.15, -0.1) is 11.8 Å². The van der Waals surface area contributed by atoms with E-state index in [1.807, 2.05) is 0 Å². The molecule has 188 valence electrons. The van der Waals surface area contributed by atoms with Crippen molar-refractivity contribution in [1.29, 1.82) is 0 Å². The van der Waals surface area contributed by atoms with Crippen molar-refractivity contribution in [2.75, 3.05) is 10.6 Å². The molecule has 3 aromatic rings. The van der Waals surface area contributed by atoms with Gasteiger partial charge in [0.25, 0.3) is 5.91 Å². The smallest absolute Gasteiger partial charge is 0.338 e. The molecule has 36 heavy (non-hydrogen) atoms. The Morgan fingerprint density at radius 2 is 1.39 bits per heavy atom. The number of anilines is 2. The minimum Gasteiger partial charge on any atom is -0.478 e. The average molecular weight is 627 g/mol. The molecule has 0 spiro atoms. The van der Waals surface area contributed by atoms with Crippen LogP contribution < -0.4 is 10.6 Å². The number of carboxylic acid groups (broad SMARTS) is 1. The van der Waals surface area contributed by atoms with Crippen molar-refractivity contribution in [2.45, 2.75) is 17.1 Å². The van der Waals surface area contributed by atoms with Gasteiger partial charge in [0.2, 0.25) is 5.91 Å². The molecule has 3 aromatic carbocycles. The van der Waals surface area contributed by atoms with E-state index in [9.17, 15) is 19.5 Å². The van der Waals surface area contributed by atoms with Gasteiger partial charge in [0, 0.05) is 15.6 Å². The summed E-state index contributed by atoms with van der Waals surface area (Å²) in [5, 5.41) is 13.9. The molecule has 1 unspecified atom stereocenters. The second-order valence-electron chi connectivity index (χ2n) is 7.16. The third-order valence-corrected chi connectivity index (χ3v) is 8.17. The number of halogens is 6. The largest absolute Gasteiger partial charge is 0.478 e. The van der Waals surface area contributed by atoms with Gasteiger partial charge >= 0.3 is 5.97 Å². The zero-order valence-electron chi connectivity index (χ0n) is 18.0. The number of carboxylic acids is 1. The molecule has 0 saturated heterocycles. The van der Waals surface area contributed by atoms with Crippen molar-refractivity contribution >= 4 is 111 Å². The van der Waals surface area contributed by atoms with E-state index in [2.05, 4.69) is 10.6 Å². The number of hydrogen-bond donors (Lipinski definition) is 3. The van der Waals surface area contributed by atoms with Crippen LogP contribution in [0.25, 0.3) is 0 Å². The molecule has 0 aliphatic carbocycles. The highest BCUT2D eigenvalue weighted by molar-refractivity contribution is 8.00. The van der Waals surface area contributed by atoms with E-state index in [4.69, 9.17) is 69.6 Å². The summed E-state index contributed by atoms with van der Waals surface area (Å²) in [6, 6.07) is 11.3. The van der Waals surface area contributed by atoms with Crippen molar-refractivity contribution in [2.24, 2.45) is 0 Å². The maximum absolute atomic E-state index is 12.9. The van der Waals surface area contributed by atoms with Crippen LogP contribution in [0.5, 0.6) is 0 Å². The predicted molar refractivity (Wildman–Crippen MR) is 148 cm³/mol. The van der Waals surface area contributed by atoms with E-state index in [1.165, 1.54) is 11.8 Å². The lowest BCUT2D eigenvalue weighted by Gasteiger charge is -2.15. The molecule has 0 saturated carbocycles. The van der Waals surface area contributed by atoms with E-state index in [0.29, 0.717) is 21.4 Å². The highest BCUT2D eigenvalue weighted by atomic mass is 35.5. The number of carbonyl (C=O) groups is 3. The first-order valence-corrected chi connectivity index (χ1v) is 13.0. The molecule has 13 heteroatoms. The summed E-state index contributed by atoms with van der Waals surface area (Å²) in [5.41, 5.74) is -0.254. The summed E-state index contributed by atoms with van der Waals surface area (Å²) in [6.45, 7) is 1.72. The van der Waals surface area contributed by atoms with Gasteiger partial charge in [-0.3, -0.25) is 9.59 Å². The summed E-state index contributed by atoms with van der Waals surface area (Å²) >= 11 is 37.4. The fourth-order valence-corrected chi connectivity index (χ4v) is 5.17. The highest BCUT2D eigenvalue weighted by Gasteiger charge is 2.29. The number of nitrogens with one attached hydrogen (secondary N) is 2. The highest BCUT2D eigenvalue weighted by Crippen LogP contribution is 2.42. The van der Waals surface area contributed by atoms with E-state index >= 15 is 0 Å². The SMILES string of the molecule is CC(Sc1ccc(NC(=O)c2c(Cl)c(Cl)c(Cl)c(Cl)c2C(=O)O)cc1)C(=O)Nc1cc(Cl)ccc1Cl. The van der Waals surface area contributed by atoms with Crippen LogP contribution in [0.1, 0.15) is 27.6 Å². The normalized spacial score (nSPS) is 11.6. The number of aromatic carboxylic acids is 1. The lowest BCUT2D eigenvalue weighted by molar-refractivity contribution is -0.115. The number of rotatable bonds is 7. The first-order valence-electron chi connectivity index (χ1n) is 9.84. The molecule has 3 rings (SSSR count). The lowest BCUT2D eigenvalue weighted by Crippen LogP contribution is -2.22. The van der Waals surface area contributed by atoms with Crippen LogP contribution in [-0.2, 0) is 4.79 Å². The van der Waals surface area contributed by atoms with Crippen LogP contribution in [0.15, 0.2) is 47.4 Å². The fraction of sp³-hybridized carbons (Fsp3) is 0.0870.